The van der Waals surface area contributed by atoms with Crippen LogP contribution in [0.2, 0.25) is 0 Å². The highest BCUT2D eigenvalue weighted by molar-refractivity contribution is 7.94. The van der Waals surface area contributed by atoms with E-state index in [9.17, 15) is 0 Å². The fourth-order valence-electron chi connectivity index (χ4n) is 11.7. The molecule has 0 aromatic heterocycles. The lowest BCUT2D eigenvalue weighted by molar-refractivity contribution is 0.130. The number of rotatable bonds is 17. The molecule has 80 heavy (non-hydrogen) atoms. The summed E-state index contributed by atoms with van der Waals surface area (Å²) in [5.41, 5.74) is 2.34. The van der Waals surface area contributed by atoms with Crippen molar-refractivity contribution in [3.8, 4) is 46.0 Å². The van der Waals surface area contributed by atoms with Crippen LogP contribution in [0.4, 0.5) is 0 Å². The molecule has 2 atom stereocenters. The fraction of sp³-hybridized carbons (Fsp3) is 0.419. The van der Waals surface area contributed by atoms with Crippen molar-refractivity contribution in [1.29, 1.82) is 0 Å². The van der Waals surface area contributed by atoms with Crippen molar-refractivity contribution < 1.29 is 53.9 Å². The standard InChI is InChI=1S/C62H72N2O12P2S2/c1-41-26-30-48(31-27-41)79(65,66)63(77(73-50-22-12-17-43-35-58(3,4)69-54(43)50)74-51-23-13-18-44-36-59(5,6)70-55(44)51)40-62(11)34-16-21-47(39-62)64(80(67,68)49-32-28-42(2)29-33-49)78(75-52-24-14-19-45-37-60(7,8)71-56(45)52)76-53-25-15-20-46-38-61(9,10)72-57(46)53/h12-15,17-20,22-33,47H,16,21,34-40H2,1-11H3. The van der Waals surface area contributed by atoms with E-state index in [0.29, 0.717) is 90.9 Å². The molecule has 0 saturated heterocycles. The van der Waals surface area contributed by atoms with Gasteiger partial charge in [0, 0.05) is 60.5 Å². The highest BCUT2D eigenvalue weighted by atomic mass is 32.2. The number of benzene rings is 6. The molecule has 14 nitrogen and oxygen atoms in total. The van der Waals surface area contributed by atoms with Gasteiger partial charge < -0.3 is 37.0 Å². The van der Waals surface area contributed by atoms with Crippen molar-refractivity contribution in [3.63, 3.8) is 0 Å². The number of aryl methyl sites for hydroxylation is 2. The molecule has 0 N–H and O–H groups in total. The van der Waals surface area contributed by atoms with Crippen LogP contribution in [0.25, 0.3) is 0 Å². The number of hydrogen-bond donors (Lipinski definition) is 0. The Labute approximate surface area is 475 Å². The summed E-state index contributed by atoms with van der Waals surface area (Å²) in [5.74, 6) is 3.41. The molecule has 2 unspecified atom stereocenters. The third-order valence-corrected chi connectivity index (χ3v) is 23.2. The van der Waals surface area contributed by atoms with Gasteiger partial charge in [-0.05, 0) is 142 Å². The van der Waals surface area contributed by atoms with E-state index in [1.165, 1.54) is 8.15 Å². The molecular formula is C62H72N2O12P2S2. The normalized spacial score (nSPS) is 21.0. The molecule has 6 aromatic rings. The van der Waals surface area contributed by atoms with Crippen LogP contribution in [-0.4, -0.2) is 60.0 Å². The Kier molecular flexibility index (Phi) is 14.5. The molecule has 11 rings (SSSR count). The first-order chi connectivity index (χ1) is 37.7. The van der Waals surface area contributed by atoms with Crippen LogP contribution >= 0.6 is 17.1 Å². The van der Waals surface area contributed by atoms with E-state index in [1.54, 1.807) is 72.8 Å². The van der Waals surface area contributed by atoms with Gasteiger partial charge in [0.05, 0.1) is 9.79 Å². The van der Waals surface area contributed by atoms with Gasteiger partial charge in [0.15, 0.2) is 46.0 Å². The van der Waals surface area contributed by atoms with E-state index in [-0.39, 0.29) is 22.8 Å². The summed E-state index contributed by atoms with van der Waals surface area (Å²) >= 11 is 0. The second-order valence-corrected chi connectivity index (χ2v) is 31.7. The first-order valence-corrected chi connectivity index (χ1v) is 32.6. The number of fused-ring (bicyclic) bond motifs is 4. The maximum Gasteiger partial charge on any atom is 0.399 e. The van der Waals surface area contributed by atoms with Crippen molar-refractivity contribution in [2.75, 3.05) is 6.54 Å². The van der Waals surface area contributed by atoms with Crippen molar-refractivity contribution in [1.82, 2.24) is 8.15 Å². The average Bonchev–Trinajstić information content (AvgIpc) is 4.14. The molecule has 1 aliphatic carbocycles. The summed E-state index contributed by atoms with van der Waals surface area (Å²) < 4.78 is 121. The second kappa shape index (κ2) is 20.7. The molecule has 0 amide bonds. The van der Waals surface area contributed by atoms with Gasteiger partial charge in [0.25, 0.3) is 20.0 Å². The van der Waals surface area contributed by atoms with Gasteiger partial charge in [-0.15, -0.1) is 8.15 Å². The van der Waals surface area contributed by atoms with Crippen molar-refractivity contribution in [2.24, 2.45) is 5.41 Å². The summed E-state index contributed by atoms with van der Waals surface area (Å²) in [6.07, 6.45) is 4.08. The average molecular weight is 1160 g/mol. The lowest BCUT2D eigenvalue weighted by Gasteiger charge is -2.45. The van der Waals surface area contributed by atoms with Gasteiger partial charge in [0.1, 0.15) is 22.4 Å². The third kappa shape index (κ3) is 11.5. The van der Waals surface area contributed by atoms with E-state index in [2.05, 4.69) is 0 Å². The molecule has 18 heteroatoms. The smallest absolute Gasteiger partial charge is 0.399 e. The Hall–Kier alpha value is -5.60. The molecule has 4 aliphatic heterocycles. The van der Waals surface area contributed by atoms with Gasteiger partial charge in [-0.1, -0.05) is 97.3 Å². The molecular weight excluding hydrogens is 1090 g/mol. The Morgan fingerprint density at radius 1 is 0.475 bits per heavy atom. The predicted octanol–water partition coefficient (Wildman–Crippen LogP) is 14.6. The Morgan fingerprint density at radius 2 is 0.812 bits per heavy atom. The third-order valence-electron chi connectivity index (χ3n) is 15.3. The van der Waals surface area contributed by atoms with Crippen LogP contribution in [0.1, 0.15) is 121 Å². The zero-order valence-electron chi connectivity index (χ0n) is 47.5. The molecule has 0 spiro atoms. The minimum absolute atomic E-state index is 0.0422. The molecule has 6 aromatic carbocycles. The largest absolute Gasteiger partial charge is 0.483 e. The van der Waals surface area contributed by atoms with Crippen molar-refractivity contribution in [2.45, 2.75) is 166 Å². The van der Waals surface area contributed by atoms with Crippen LogP contribution in [0.3, 0.4) is 0 Å². The number of para-hydroxylation sites is 4. The molecule has 1 saturated carbocycles. The van der Waals surface area contributed by atoms with Crippen LogP contribution in [0, 0.1) is 19.3 Å². The van der Waals surface area contributed by atoms with Crippen LogP contribution in [-0.2, 0) is 45.7 Å². The number of ether oxygens (including phenoxy) is 4. The van der Waals surface area contributed by atoms with Crippen molar-refractivity contribution >= 4 is 37.1 Å². The van der Waals surface area contributed by atoms with Crippen molar-refractivity contribution in [3.05, 3.63) is 155 Å². The van der Waals surface area contributed by atoms with Gasteiger partial charge >= 0.3 is 17.1 Å². The molecule has 1 fully saturated rings. The van der Waals surface area contributed by atoms with Gasteiger partial charge in [-0.3, -0.25) is 0 Å². The summed E-state index contributed by atoms with van der Waals surface area (Å²) in [6, 6.07) is 35.3. The lowest BCUT2D eigenvalue weighted by Crippen LogP contribution is -2.47. The first-order valence-electron chi connectivity index (χ1n) is 27.4. The highest BCUT2D eigenvalue weighted by Crippen LogP contribution is 2.60. The number of nitrogens with zero attached hydrogens (tertiary/aromatic N) is 2. The van der Waals surface area contributed by atoms with E-state index < -0.39 is 71.0 Å². The molecule has 5 aliphatic rings. The zero-order chi connectivity index (χ0) is 56.8. The summed E-state index contributed by atoms with van der Waals surface area (Å²) in [6.45, 7) is 21.7. The predicted molar refractivity (Wildman–Crippen MR) is 311 cm³/mol. The maximum atomic E-state index is 16.0. The van der Waals surface area contributed by atoms with Crippen LogP contribution < -0.4 is 37.0 Å². The molecule has 0 radical (unpaired) electrons. The SMILES string of the molecule is Cc1ccc(S(=O)(=O)N(CC2(C)CCCC(N(P(Oc3cccc4c3OC(C)(C)C4)Oc3cccc4c3OC(C)(C)C4)S(=O)(=O)c3ccc(C)cc3)C2)P(Oc2cccc3c2OC(C)(C)C3)Oc2cccc3c2OC(C)(C)C3)cc1. The van der Waals surface area contributed by atoms with Crippen LogP contribution in [0.15, 0.2) is 131 Å². The summed E-state index contributed by atoms with van der Waals surface area (Å²) in [7, 11) is -14.3. The van der Waals surface area contributed by atoms with Crippen LogP contribution in [0.5, 0.6) is 46.0 Å². The minimum Gasteiger partial charge on any atom is -0.483 e. The number of hydrogen-bond acceptors (Lipinski definition) is 12. The molecule has 4 heterocycles. The summed E-state index contributed by atoms with van der Waals surface area (Å²) in [5, 5.41) is 0. The topological polar surface area (TPSA) is 149 Å². The Bertz CT molecular complexity index is 3430. The highest BCUT2D eigenvalue weighted by Gasteiger charge is 2.51. The monoisotopic (exact) mass is 1160 g/mol. The van der Waals surface area contributed by atoms with Gasteiger partial charge in [0.2, 0.25) is 0 Å². The van der Waals surface area contributed by atoms with E-state index in [0.717, 1.165) is 33.4 Å². The van der Waals surface area contributed by atoms with E-state index >= 15 is 16.8 Å². The van der Waals surface area contributed by atoms with Gasteiger partial charge in [-0.25, -0.2) is 16.8 Å². The number of sulfonamides is 2. The summed E-state index contributed by atoms with van der Waals surface area (Å²) in [4.78, 5) is 0.0949. The molecule has 424 valence electrons. The minimum atomic E-state index is -4.49. The molecule has 0 bridgehead atoms. The quantitative estimate of drug-likeness (QED) is 0.0800. The first kappa shape index (κ1) is 56.3. The Balaban J connectivity index is 1.04. The van der Waals surface area contributed by atoms with E-state index in [4.69, 9.17) is 37.0 Å². The zero-order valence-corrected chi connectivity index (χ0v) is 50.9. The fourth-order valence-corrected chi connectivity index (χ4v) is 19.1. The second-order valence-electron chi connectivity index (χ2n) is 24.9. The lowest BCUT2D eigenvalue weighted by atomic mass is 9.74. The van der Waals surface area contributed by atoms with Gasteiger partial charge in [-0.2, -0.15) is 0 Å². The maximum absolute atomic E-state index is 16.0. The Morgan fingerprint density at radius 3 is 1.18 bits per heavy atom. The van der Waals surface area contributed by atoms with E-state index in [1.807, 2.05) is 125 Å².